The van der Waals surface area contributed by atoms with Gasteiger partial charge in [-0.05, 0) is 49.5 Å². The number of carbonyl (C=O) groups is 1. The summed E-state index contributed by atoms with van der Waals surface area (Å²) < 4.78 is 5.41. The number of ether oxygens (including phenoxy) is 1. The fourth-order valence-corrected chi connectivity index (χ4v) is 4.63. The van der Waals surface area contributed by atoms with E-state index >= 15 is 0 Å². The molecule has 1 aromatic rings. The standard InChI is InChI=1S/C18H27NO3S/c1-13(14-6-9-22-10-7-14)18(21)19-8-2-4-15(19)12-16(20)17-5-3-11-23-17/h3,5,11,13-16,20H,2,4,6-10,12H2,1H3. The maximum atomic E-state index is 12.9. The average Bonchev–Trinajstić information content (AvgIpc) is 3.26. The Morgan fingerprint density at radius 3 is 2.91 bits per heavy atom. The summed E-state index contributed by atoms with van der Waals surface area (Å²) in [4.78, 5) is 16.0. The quantitative estimate of drug-likeness (QED) is 0.897. The molecule has 3 heterocycles. The van der Waals surface area contributed by atoms with Crippen molar-refractivity contribution < 1.29 is 14.6 Å². The molecule has 1 aromatic heterocycles. The Hall–Kier alpha value is -0.910. The maximum absolute atomic E-state index is 12.9. The van der Waals surface area contributed by atoms with Crippen LogP contribution in [-0.4, -0.2) is 41.7 Å². The van der Waals surface area contributed by atoms with Gasteiger partial charge in [-0.3, -0.25) is 4.79 Å². The van der Waals surface area contributed by atoms with E-state index in [-0.39, 0.29) is 17.9 Å². The number of hydrogen-bond acceptors (Lipinski definition) is 4. The van der Waals surface area contributed by atoms with Gasteiger partial charge in [0.05, 0.1) is 6.10 Å². The number of rotatable bonds is 5. The van der Waals surface area contributed by atoms with Crippen LogP contribution in [0.25, 0.3) is 0 Å². The minimum absolute atomic E-state index is 0.0679. The number of aliphatic hydroxyl groups is 1. The Morgan fingerprint density at radius 2 is 2.22 bits per heavy atom. The van der Waals surface area contributed by atoms with Crippen LogP contribution in [0.2, 0.25) is 0 Å². The zero-order valence-electron chi connectivity index (χ0n) is 13.8. The summed E-state index contributed by atoms with van der Waals surface area (Å²) in [5, 5.41) is 12.4. The molecule has 2 fully saturated rings. The van der Waals surface area contributed by atoms with Crippen LogP contribution >= 0.6 is 11.3 Å². The third kappa shape index (κ3) is 3.95. The van der Waals surface area contributed by atoms with E-state index in [2.05, 4.69) is 6.92 Å². The van der Waals surface area contributed by atoms with Crippen LogP contribution < -0.4 is 0 Å². The second kappa shape index (κ2) is 7.77. The summed E-state index contributed by atoms with van der Waals surface area (Å²) in [6.45, 7) is 4.48. The maximum Gasteiger partial charge on any atom is 0.225 e. The van der Waals surface area contributed by atoms with Gasteiger partial charge in [-0.1, -0.05) is 13.0 Å². The summed E-state index contributed by atoms with van der Waals surface area (Å²) in [5.41, 5.74) is 0. The van der Waals surface area contributed by atoms with Crippen molar-refractivity contribution in [3.63, 3.8) is 0 Å². The summed E-state index contributed by atoms with van der Waals surface area (Å²) >= 11 is 1.59. The lowest BCUT2D eigenvalue weighted by Crippen LogP contribution is -2.42. The van der Waals surface area contributed by atoms with Crippen LogP contribution in [0.15, 0.2) is 17.5 Å². The van der Waals surface area contributed by atoms with E-state index in [0.29, 0.717) is 12.3 Å². The van der Waals surface area contributed by atoms with Gasteiger partial charge in [-0.2, -0.15) is 0 Å². The first kappa shape index (κ1) is 16.9. The molecule has 2 aliphatic heterocycles. The molecule has 1 amide bonds. The first-order chi connectivity index (χ1) is 11.2. The molecule has 2 aliphatic rings. The number of carbonyl (C=O) groups excluding carboxylic acids is 1. The lowest BCUT2D eigenvalue weighted by molar-refractivity contribution is -0.139. The highest BCUT2D eigenvalue weighted by Gasteiger charge is 2.36. The third-order valence-electron chi connectivity index (χ3n) is 5.39. The van der Waals surface area contributed by atoms with E-state index in [9.17, 15) is 9.90 Å². The highest BCUT2D eigenvalue weighted by molar-refractivity contribution is 7.10. The van der Waals surface area contributed by atoms with Crippen molar-refractivity contribution in [3.05, 3.63) is 22.4 Å². The number of likely N-dealkylation sites (tertiary alicyclic amines) is 1. The molecule has 0 aromatic carbocycles. The molecule has 0 aliphatic carbocycles. The molecule has 3 unspecified atom stereocenters. The third-order valence-corrected chi connectivity index (χ3v) is 6.36. The van der Waals surface area contributed by atoms with E-state index in [1.807, 2.05) is 22.4 Å². The van der Waals surface area contributed by atoms with E-state index in [1.165, 1.54) is 0 Å². The number of thiophene rings is 1. The van der Waals surface area contributed by atoms with Crippen LogP contribution in [0, 0.1) is 11.8 Å². The Bertz CT molecular complexity index is 498. The summed E-state index contributed by atoms with van der Waals surface area (Å²) in [5.74, 6) is 0.788. The molecule has 4 nitrogen and oxygen atoms in total. The molecule has 3 atom stereocenters. The van der Waals surface area contributed by atoms with E-state index < -0.39 is 6.10 Å². The van der Waals surface area contributed by atoms with E-state index in [1.54, 1.807) is 11.3 Å². The number of amides is 1. The van der Waals surface area contributed by atoms with Crippen LogP contribution in [0.4, 0.5) is 0 Å². The van der Waals surface area contributed by atoms with Gasteiger partial charge in [0.25, 0.3) is 0 Å². The molecule has 1 N–H and O–H groups in total. The average molecular weight is 337 g/mol. The molecule has 5 heteroatoms. The van der Waals surface area contributed by atoms with Crippen molar-refractivity contribution in [2.45, 2.75) is 51.2 Å². The van der Waals surface area contributed by atoms with Gasteiger partial charge in [0.1, 0.15) is 0 Å². The van der Waals surface area contributed by atoms with E-state index in [0.717, 1.165) is 50.3 Å². The highest BCUT2D eigenvalue weighted by Crippen LogP contribution is 2.32. The minimum atomic E-state index is -0.452. The zero-order valence-corrected chi connectivity index (χ0v) is 14.6. The van der Waals surface area contributed by atoms with Crippen molar-refractivity contribution in [1.29, 1.82) is 0 Å². The van der Waals surface area contributed by atoms with Gasteiger partial charge >= 0.3 is 0 Å². The van der Waals surface area contributed by atoms with Gasteiger partial charge in [-0.15, -0.1) is 11.3 Å². The fourth-order valence-electron chi connectivity index (χ4n) is 3.90. The first-order valence-electron chi connectivity index (χ1n) is 8.76. The SMILES string of the molecule is CC(C(=O)N1CCCC1CC(O)c1cccs1)C1CCOCC1. The van der Waals surface area contributed by atoms with Crippen molar-refractivity contribution in [2.75, 3.05) is 19.8 Å². The molecule has 0 spiro atoms. The largest absolute Gasteiger partial charge is 0.387 e. The second-order valence-corrected chi connectivity index (χ2v) is 7.81. The molecular weight excluding hydrogens is 310 g/mol. The smallest absolute Gasteiger partial charge is 0.225 e. The predicted molar refractivity (Wildman–Crippen MR) is 91.3 cm³/mol. The van der Waals surface area contributed by atoms with Crippen molar-refractivity contribution in [1.82, 2.24) is 4.90 Å². The van der Waals surface area contributed by atoms with Gasteiger partial charge < -0.3 is 14.7 Å². The predicted octanol–water partition coefficient (Wildman–Crippen LogP) is 3.23. The minimum Gasteiger partial charge on any atom is -0.387 e. The lowest BCUT2D eigenvalue weighted by Gasteiger charge is -2.33. The highest BCUT2D eigenvalue weighted by atomic mass is 32.1. The van der Waals surface area contributed by atoms with Crippen LogP contribution in [0.3, 0.4) is 0 Å². The second-order valence-electron chi connectivity index (χ2n) is 6.83. The number of aliphatic hydroxyl groups excluding tert-OH is 1. The van der Waals surface area contributed by atoms with Gasteiger partial charge in [0, 0.05) is 36.6 Å². The molecule has 0 radical (unpaired) electrons. The summed E-state index contributed by atoms with van der Waals surface area (Å²) in [6, 6.07) is 4.12. The van der Waals surface area contributed by atoms with Gasteiger partial charge in [0.15, 0.2) is 0 Å². The molecule has 3 rings (SSSR count). The first-order valence-corrected chi connectivity index (χ1v) is 9.64. The molecule has 23 heavy (non-hydrogen) atoms. The topological polar surface area (TPSA) is 49.8 Å². The normalized spacial score (nSPS) is 25.5. The Labute approximate surface area is 142 Å². The Morgan fingerprint density at radius 1 is 1.43 bits per heavy atom. The fraction of sp³-hybridized carbons (Fsp3) is 0.722. The van der Waals surface area contributed by atoms with E-state index in [4.69, 9.17) is 4.74 Å². The van der Waals surface area contributed by atoms with Crippen LogP contribution in [-0.2, 0) is 9.53 Å². The number of hydrogen-bond donors (Lipinski definition) is 1. The molecule has 128 valence electrons. The zero-order chi connectivity index (χ0) is 16.2. The molecule has 0 saturated carbocycles. The van der Waals surface area contributed by atoms with Crippen LogP contribution in [0.1, 0.15) is 50.0 Å². The molecule has 2 saturated heterocycles. The molecular formula is C18H27NO3S. The van der Waals surface area contributed by atoms with Crippen molar-refractivity contribution >= 4 is 17.2 Å². The van der Waals surface area contributed by atoms with Gasteiger partial charge in [0.2, 0.25) is 5.91 Å². The summed E-state index contributed by atoms with van der Waals surface area (Å²) in [7, 11) is 0. The molecule has 0 bridgehead atoms. The lowest BCUT2D eigenvalue weighted by atomic mass is 9.86. The monoisotopic (exact) mass is 337 g/mol. The summed E-state index contributed by atoms with van der Waals surface area (Å²) in [6.07, 6.45) is 4.24. The Balaban J connectivity index is 1.60. The van der Waals surface area contributed by atoms with Gasteiger partial charge in [-0.25, -0.2) is 0 Å². The number of nitrogens with zero attached hydrogens (tertiary/aromatic N) is 1. The van der Waals surface area contributed by atoms with Crippen molar-refractivity contribution in [2.24, 2.45) is 11.8 Å². The van der Waals surface area contributed by atoms with Crippen LogP contribution in [0.5, 0.6) is 0 Å². The Kier molecular flexibility index (Phi) is 5.72. The van der Waals surface area contributed by atoms with Crippen molar-refractivity contribution in [3.8, 4) is 0 Å².